The lowest BCUT2D eigenvalue weighted by Gasteiger charge is -2.11. The highest BCUT2D eigenvalue weighted by Crippen LogP contribution is 2.23. The molecule has 1 fully saturated rings. The van der Waals surface area contributed by atoms with Crippen molar-refractivity contribution in [2.45, 2.75) is 51.6 Å². The quantitative estimate of drug-likeness (QED) is 0.796. The molecular weight excluding hydrogens is 318 g/mol. The Morgan fingerprint density at radius 1 is 1.36 bits per heavy atom. The third-order valence-corrected chi connectivity index (χ3v) is 4.61. The van der Waals surface area contributed by atoms with Gasteiger partial charge in [0.25, 0.3) is 0 Å². The van der Waals surface area contributed by atoms with Gasteiger partial charge in [0.05, 0.1) is 18.9 Å². The number of hydrogen-bond donors (Lipinski definition) is 1. The Bertz CT molecular complexity index is 693. The first-order valence-electron chi connectivity index (χ1n) is 9.03. The number of aliphatic hydroxyl groups is 1. The molecular formula is C19H27N3O3. The van der Waals surface area contributed by atoms with Gasteiger partial charge < -0.3 is 14.6 Å². The summed E-state index contributed by atoms with van der Waals surface area (Å²) in [6.07, 6.45) is 5.78. The fourth-order valence-corrected chi connectivity index (χ4v) is 3.26. The Morgan fingerprint density at radius 3 is 2.92 bits per heavy atom. The van der Waals surface area contributed by atoms with E-state index >= 15 is 0 Å². The van der Waals surface area contributed by atoms with Crippen molar-refractivity contribution in [3.8, 4) is 11.4 Å². The van der Waals surface area contributed by atoms with E-state index in [0.29, 0.717) is 18.9 Å². The second-order valence-electron chi connectivity index (χ2n) is 6.51. The van der Waals surface area contributed by atoms with Gasteiger partial charge in [0, 0.05) is 26.1 Å². The number of ether oxygens (including phenoxy) is 2. The first kappa shape index (κ1) is 17.9. The fraction of sp³-hybridized carbons (Fsp3) is 0.579. The van der Waals surface area contributed by atoms with Gasteiger partial charge in [-0.3, -0.25) is 0 Å². The number of aromatic nitrogens is 3. The maximum atomic E-state index is 9.07. The Labute approximate surface area is 148 Å². The summed E-state index contributed by atoms with van der Waals surface area (Å²) in [6, 6.07) is 6.04. The number of hydrogen-bond acceptors (Lipinski definition) is 5. The van der Waals surface area contributed by atoms with Crippen molar-refractivity contribution in [2.24, 2.45) is 0 Å². The van der Waals surface area contributed by atoms with Crippen LogP contribution in [0.15, 0.2) is 18.2 Å². The van der Waals surface area contributed by atoms with Crippen molar-refractivity contribution < 1.29 is 14.6 Å². The molecule has 0 bridgehead atoms. The Morgan fingerprint density at radius 2 is 2.24 bits per heavy atom. The maximum absolute atomic E-state index is 9.07. The molecule has 0 radical (unpaired) electrons. The minimum atomic E-state index is 0.154. The molecule has 136 valence electrons. The molecule has 0 saturated carbocycles. The van der Waals surface area contributed by atoms with Gasteiger partial charge in [-0.25, -0.2) is 9.67 Å². The molecule has 6 nitrogen and oxygen atoms in total. The highest BCUT2D eigenvalue weighted by Gasteiger charge is 2.18. The van der Waals surface area contributed by atoms with Crippen LogP contribution in [0.1, 0.15) is 42.9 Å². The van der Waals surface area contributed by atoms with Crippen LogP contribution in [0.25, 0.3) is 5.69 Å². The zero-order valence-electron chi connectivity index (χ0n) is 15.1. The molecule has 0 aliphatic carbocycles. The van der Waals surface area contributed by atoms with Crippen LogP contribution in [0.3, 0.4) is 0 Å². The van der Waals surface area contributed by atoms with Crippen LogP contribution in [0.2, 0.25) is 0 Å². The Hall–Kier alpha value is -1.92. The second-order valence-corrected chi connectivity index (χ2v) is 6.51. The molecule has 1 N–H and O–H groups in total. The first-order chi connectivity index (χ1) is 12.2. The summed E-state index contributed by atoms with van der Waals surface area (Å²) >= 11 is 0. The van der Waals surface area contributed by atoms with E-state index in [2.05, 4.69) is 11.2 Å². The predicted molar refractivity (Wildman–Crippen MR) is 95.3 cm³/mol. The van der Waals surface area contributed by atoms with Gasteiger partial charge in [-0.15, -0.1) is 0 Å². The second kappa shape index (κ2) is 8.45. The lowest BCUT2D eigenvalue weighted by atomic mass is 10.1. The van der Waals surface area contributed by atoms with E-state index in [1.165, 1.54) is 0 Å². The lowest BCUT2D eigenvalue weighted by Crippen LogP contribution is -2.10. The normalized spacial score (nSPS) is 17.2. The van der Waals surface area contributed by atoms with Gasteiger partial charge in [0.1, 0.15) is 11.6 Å². The van der Waals surface area contributed by atoms with Crippen molar-refractivity contribution in [3.63, 3.8) is 0 Å². The molecule has 1 aromatic heterocycles. The summed E-state index contributed by atoms with van der Waals surface area (Å²) in [7, 11) is 1.68. The van der Waals surface area contributed by atoms with E-state index in [9.17, 15) is 0 Å². The molecule has 1 aliphatic rings. The summed E-state index contributed by atoms with van der Waals surface area (Å²) in [5.41, 5.74) is 2.06. The van der Waals surface area contributed by atoms with Gasteiger partial charge in [-0.2, -0.15) is 5.10 Å². The zero-order valence-corrected chi connectivity index (χ0v) is 15.1. The van der Waals surface area contributed by atoms with Crippen LogP contribution in [-0.2, 0) is 17.6 Å². The number of methoxy groups -OCH3 is 1. The number of nitrogens with zero attached hydrogens (tertiary/aromatic N) is 3. The number of aliphatic hydroxyl groups excluding tert-OH is 1. The number of benzene rings is 1. The maximum Gasteiger partial charge on any atom is 0.151 e. The van der Waals surface area contributed by atoms with E-state index in [1.54, 1.807) is 7.11 Å². The minimum Gasteiger partial charge on any atom is -0.496 e. The highest BCUT2D eigenvalue weighted by molar-refractivity contribution is 5.43. The Kier molecular flexibility index (Phi) is 6.04. The van der Waals surface area contributed by atoms with Crippen LogP contribution in [0.4, 0.5) is 0 Å². The smallest absolute Gasteiger partial charge is 0.151 e. The van der Waals surface area contributed by atoms with E-state index in [1.807, 2.05) is 23.7 Å². The van der Waals surface area contributed by atoms with E-state index in [4.69, 9.17) is 19.6 Å². The molecule has 1 atom stereocenters. The van der Waals surface area contributed by atoms with Gasteiger partial charge in [-0.05, 0) is 56.4 Å². The summed E-state index contributed by atoms with van der Waals surface area (Å²) in [5, 5.41) is 13.7. The summed E-state index contributed by atoms with van der Waals surface area (Å²) < 4.78 is 13.0. The average Bonchev–Trinajstić information content (AvgIpc) is 3.27. The summed E-state index contributed by atoms with van der Waals surface area (Å²) in [4.78, 5) is 4.71. The van der Waals surface area contributed by atoms with E-state index < -0.39 is 0 Å². The molecule has 0 spiro atoms. The molecule has 1 aromatic carbocycles. The van der Waals surface area contributed by atoms with Crippen LogP contribution in [0.5, 0.6) is 5.75 Å². The summed E-state index contributed by atoms with van der Waals surface area (Å²) in [6.45, 7) is 3.05. The fourth-order valence-electron chi connectivity index (χ4n) is 3.26. The van der Waals surface area contributed by atoms with Crippen molar-refractivity contribution in [1.29, 1.82) is 0 Å². The van der Waals surface area contributed by atoms with Crippen LogP contribution >= 0.6 is 0 Å². The first-order valence-corrected chi connectivity index (χ1v) is 9.03. The largest absolute Gasteiger partial charge is 0.496 e. The van der Waals surface area contributed by atoms with E-state index in [0.717, 1.165) is 60.9 Å². The molecule has 3 rings (SSSR count). The molecule has 25 heavy (non-hydrogen) atoms. The molecule has 2 aromatic rings. The van der Waals surface area contributed by atoms with Crippen molar-refractivity contribution in [1.82, 2.24) is 14.8 Å². The van der Waals surface area contributed by atoms with Crippen molar-refractivity contribution >= 4 is 0 Å². The molecule has 0 amide bonds. The average molecular weight is 345 g/mol. The monoisotopic (exact) mass is 345 g/mol. The molecule has 1 saturated heterocycles. The van der Waals surface area contributed by atoms with Crippen LogP contribution in [0, 0.1) is 6.92 Å². The van der Waals surface area contributed by atoms with Crippen molar-refractivity contribution in [3.05, 3.63) is 35.4 Å². The lowest BCUT2D eigenvalue weighted by molar-refractivity contribution is 0.104. The molecule has 1 aliphatic heterocycles. The number of aryl methyl sites for hydroxylation is 3. The summed E-state index contributed by atoms with van der Waals surface area (Å²) in [5.74, 6) is 2.60. The zero-order chi connectivity index (χ0) is 17.6. The molecule has 2 heterocycles. The van der Waals surface area contributed by atoms with E-state index in [-0.39, 0.29) is 6.61 Å². The highest BCUT2D eigenvalue weighted by atomic mass is 16.5. The molecule has 0 unspecified atom stereocenters. The standard InChI is InChI=1S/C19H27N3O3/c1-14-13-15(7-9-17(14)24-2)22-19(10-8-16-5-4-12-25-16)20-18(21-22)6-3-11-23/h7,9,13,16,23H,3-6,8,10-12H2,1-2H3/t16-/m1/s1. The van der Waals surface area contributed by atoms with Gasteiger partial charge >= 0.3 is 0 Å². The van der Waals surface area contributed by atoms with Gasteiger partial charge in [0.15, 0.2) is 5.82 Å². The minimum absolute atomic E-state index is 0.154. The topological polar surface area (TPSA) is 69.4 Å². The Balaban J connectivity index is 1.83. The van der Waals surface area contributed by atoms with Crippen LogP contribution < -0.4 is 4.74 Å². The molecule has 6 heteroatoms. The van der Waals surface area contributed by atoms with Crippen molar-refractivity contribution in [2.75, 3.05) is 20.3 Å². The van der Waals surface area contributed by atoms with Gasteiger partial charge in [-0.1, -0.05) is 0 Å². The third kappa shape index (κ3) is 4.38. The SMILES string of the molecule is COc1ccc(-n2nc(CCCO)nc2CC[C@H]2CCCO2)cc1C. The van der Waals surface area contributed by atoms with Crippen LogP contribution in [-0.4, -0.2) is 46.3 Å². The third-order valence-electron chi connectivity index (χ3n) is 4.61. The number of rotatable bonds is 8. The van der Waals surface area contributed by atoms with Gasteiger partial charge in [0.2, 0.25) is 0 Å². The predicted octanol–water partition coefficient (Wildman–Crippen LogP) is 2.62.